The van der Waals surface area contributed by atoms with Gasteiger partial charge in [-0.05, 0) is 75.2 Å². The van der Waals surface area contributed by atoms with E-state index in [-0.39, 0.29) is 24.3 Å². The Morgan fingerprint density at radius 1 is 1.14 bits per heavy atom. The molecule has 0 bridgehead atoms. The van der Waals surface area contributed by atoms with E-state index in [0.29, 0.717) is 57.9 Å². The Bertz CT molecular complexity index is 774. The molecule has 0 radical (unpaired) electrons. The van der Waals surface area contributed by atoms with E-state index >= 15 is 0 Å². The Morgan fingerprint density at radius 3 is 2.63 bits per heavy atom. The standard InChI is InChI=1S/C26H40N2O7/c29-21(14-13-20-9-4-3-5-10-20)15-16-23-22(24(30)19-25(23)31)11-6-1-2-7-12-26(32)27-17-8-18-35-28(33)34/h1,3-6,9-10,21-25,29-31H,2,7-8,11-19H2,(H,27,32)/t21-,22+,23+,24-,25+/m0/s1. The molecule has 5 atom stereocenters. The number of nitrogens with zero attached hydrogens (tertiary/aromatic N) is 1. The van der Waals surface area contributed by atoms with E-state index < -0.39 is 23.4 Å². The second-order valence-electron chi connectivity index (χ2n) is 9.31. The zero-order chi connectivity index (χ0) is 25.5. The monoisotopic (exact) mass is 492 g/mol. The van der Waals surface area contributed by atoms with Gasteiger partial charge >= 0.3 is 0 Å². The molecule has 1 aliphatic rings. The van der Waals surface area contributed by atoms with E-state index in [4.69, 9.17) is 0 Å². The summed E-state index contributed by atoms with van der Waals surface area (Å²) in [6.45, 7) is 0.304. The van der Waals surface area contributed by atoms with Gasteiger partial charge in [-0.25, -0.2) is 0 Å². The van der Waals surface area contributed by atoms with Crippen LogP contribution in [-0.4, -0.2) is 57.8 Å². The number of amides is 1. The first-order valence-electron chi connectivity index (χ1n) is 12.6. The molecule has 4 N–H and O–H groups in total. The van der Waals surface area contributed by atoms with Gasteiger partial charge in [-0.15, -0.1) is 10.1 Å². The number of hydrogen-bond acceptors (Lipinski definition) is 7. The fraction of sp³-hybridized carbons (Fsp3) is 0.654. The molecule has 1 aromatic rings. The molecule has 0 aliphatic heterocycles. The molecule has 0 spiro atoms. The lowest BCUT2D eigenvalue weighted by atomic mass is 9.85. The van der Waals surface area contributed by atoms with Crippen LogP contribution in [0.4, 0.5) is 0 Å². The highest BCUT2D eigenvalue weighted by Gasteiger charge is 2.40. The molecular formula is C26H40N2O7. The van der Waals surface area contributed by atoms with Crippen LogP contribution in [0.3, 0.4) is 0 Å². The van der Waals surface area contributed by atoms with Crippen molar-refractivity contribution in [2.45, 2.75) is 82.5 Å². The Morgan fingerprint density at radius 2 is 1.89 bits per heavy atom. The predicted molar refractivity (Wildman–Crippen MR) is 132 cm³/mol. The summed E-state index contributed by atoms with van der Waals surface area (Å²) >= 11 is 0. The van der Waals surface area contributed by atoms with Gasteiger partial charge in [-0.3, -0.25) is 4.79 Å². The number of carbonyl (C=O) groups is 1. The van der Waals surface area contributed by atoms with Crippen molar-refractivity contribution < 1.29 is 30.0 Å². The molecule has 1 amide bonds. The third-order valence-electron chi connectivity index (χ3n) is 6.65. The first-order chi connectivity index (χ1) is 16.9. The summed E-state index contributed by atoms with van der Waals surface area (Å²) < 4.78 is 0. The Kier molecular flexibility index (Phi) is 13.3. The summed E-state index contributed by atoms with van der Waals surface area (Å²) in [4.78, 5) is 26.0. The van der Waals surface area contributed by atoms with Crippen molar-refractivity contribution in [1.29, 1.82) is 0 Å². The van der Waals surface area contributed by atoms with Crippen LogP contribution in [-0.2, 0) is 16.1 Å². The molecule has 1 saturated carbocycles. The molecule has 1 aliphatic carbocycles. The highest BCUT2D eigenvalue weighted by atomic mass is 16.9. The fourth-order valence-electron chi connectivity index (χ4n) is 4.69. The molecule has 35 heavy (non-hydrogen) atoms. The normalized spacial score (nSPS) is 22.8. The fourth-order valence-corrected chi connectivity index (χ4v) is 4.69. The number of nitrogens with one attached hydrogen (secondary N) is 1. The minimum Gasteiger partial charge on any atom is -0.393 e. The van der Waals surface area contributed by atoms with Crippen LogP contribution in [0.25, 0.3) is 0 Å². The van der Waals surface area contributed by atoms with E-state index in [1.807, 2.05) is 30.4 Å². The van der Waals surface area contributed by atoms with Gasteiger partial charge in [-0.1, -0.05) is 42.5 Å². The highest BCUT2D eigenvalue weighted by Crippen LogP contribution is 2.38. The summed E-state index contributed by atoms with van der Waals surface area (Å²) in [6, 6.07) is 10.1. The van der Waals surface area contributed by atoms with Crippen molar-refractivity contribution >= 4 is 5.91 Å². The second-order valence-corrected chi connectivity index (χ2v) is 9.31. The third kappa shape index (κ3) is 11.7. The number of benzene rings is 1. The van der Waals surface area contributed by atoms with Gasteiger partial charge in [0.25, 0.3) is 5.09 Å². The molecule has 2 rings (SSSR count). The van der Waals surface area contributed by atoms with Crippen molar-refractivity contribution in [2.24, 2.45) is 11.8 Å². The minimum absolute atomic E-state index is 0.0349. The average molecular weight is 493 g/mol. The van der Waals surface area contributed by atoms with Crippen LogP contribution in [0.5, 0.6) is 0 Å². The highest BCUT2D eigenvalue weighted by molar-refractivity contribution is 5.75. The molecule has 9 nitrogen and oxygen atoms in total. The van der Waals surface area contributed by atoms with E-state index in [0.717, 1.165) is 12.8 Å². The van der Waals surface area contributed by atoms with E-state index in [2.05, 4.69) is 22.3 Å². The van der Waals surface area contributed by atoms with Gasteiger partial charge in [0.1, 0.15) is 0 Å². The lowest BCUT2D eigenvalue weighted by molar-refractivity contribution is -0.757. The van der Waals surface area contributed by atoms with Gasteiger partial charge in [0.05, 0.1) is 24.9 Å². The van der Waals surface area contributed by atoms with Crippen LogP contribution in [0, 0.1) is 22.0 Å². The van der Waals surface area contributed by atoms with Gasteiger partial charge in [0.2, 0.25) is 5.91 Å². The van der Waals surface area contributed by atoms with Crippen molar-refractivity contribution in [3.63, 3.8) is 0 Å². The second kappa shape index (κ2) is 16.2. The third-order valence-corrected chi connectivity index (χ3v) is 6.65. The van der Waals surface area contributed by atoms with Gasteiger partial charge < -0.3 is 25.5 Å². The molecule has 9 heteroatoms. The summed E-state index contributed by atoms with van der Waals surface area (Å²) in [5, 5.41) is 43.2. The number of aliphatic hydroxyl groups excluding tert-OH is 3. The maximum atomic E-state index is 11.8. The van der Waals surface area contributed by atoms with Gasteiger partial charge in [-0.2, -0.15) is 0 Å². The number of hydrogen-bond donors (Lipinski definition) is 4. The van der Waals surface area contributed by atoms with E-state index in [1.54, 1.807) is 0 Å². The SMILES string of the molecule is O=C(CCCC=CC[C@@H]1[C@@H](CC[C@@H](O)CCc2ccccc2)[C@H](O)C[C@@H]1O)NCCCO[N+](=O)[O-]. The molecule has 0 aromatic heterocycles. The average Bonchev–Trinajstić information content (AvgIpc) is 3.10. The summed E-state index contributed by atoms with van der Waals surface area (Å²) in [7, 11) is 0. The quantitative estimate of drug-likeness (QED) is 0.113. The molecule has 0 saturated heterocycles. The lowest BCUT2D eigenvalue weighted by Gasteiger charge is -2.23. The molecule has 0 unspecified atom stereocenters. The number of allylic oxidation sites excluding steroid dienone is 2. The Hall–Kier alpha value is -2.49. The van der Waals surface area contributed by atoms with Gasteiger partial charge in [0, 0.05) is 13.0 Å². The summed E-state index contributed by atoms with van der Waals surface area (Å²) in [6.07, 6.45) is 8.46. The largest absolute Gasteiger partial charge is 0.393 e. The molecule has 1 aromatic carbocycles. The number of aliphatic hydroxyl groups is 3. The van der Waals surface area contributed by atoms with E-state index in [9.17, 15) is 30.2 Å². The van der Waals surface area contributed by atoms with Crippen LogP contribution in [0.2, 0.25) is 0 Å². The first kappa shape index (κ1) is 28.7. The maximum Gasteiger partial charge on any atom is 0.294 e. The van der Waals surface area contributed by atoms with Crippen molar-refractivity contribution in [1.82, 2.24) is 5.32 Å². The van der Waals surface area contributed by atoms with Gasteiger partial charge in [0.15, 0.2) is 0 Å². The Balaban J connectivity index is 1.62. The van der Waals surface area contributed by atoms with Crippen LogP contribution in [0.1, 0.15) is 63.4 Å². The summed E-state index contributed by atoms with van der Waals surface area (Å²) in [5.41, 5.74) is 1.20. The zero-order valence-corrected chi connectivity index (χ0v) is 20.3. The van der Waals surface area contributed by atoms with E-state index in [1.165, 1.54) is 5.56 Å². The topological polar surface area (TPSA) is 142 Å². The van der Waals surface area contributed by atoms with Crippen molar-refractivity contribution in [3.05, 3.63) is 58.2 Å². The number of aryl methyl sites for hydroxylation is 1. The zero-order valence-electron chi connectivity index (χ0n) is 20.3. The van der Waals surface area contributed by atoms with Crippen LogP contribution < -0.4 is 5.32 Å². The lowest BCUT2D eigenvalue weighted by Crippen LogP contribution is -2.25. The first-order valence-corrected chi connectivity index (χ1v) is 12.6. The van der Waals surface area contributed by atoms with Crippen molar-refractivity contribution in [3.8, 4) is 0 Å². The number of carbonyl (C=O) groups excluding carboxylic acids is 1. The Labute approximate surface area is 207 Å². The van der Waals surface area contributed by atoms with Crippen LogP contribution >= 0.6 is 0 Å². The summed E-state index contributed by atoms with van der Waals surface area (Å²) in [5.74, 6) is -0.168. The molecule has 196 valence electrons. The van der Waals surface area contributed by atoms with Crippen LogP contribution in [0.15, 0.2) is 42.5 Å². The molecule has 1 fully saturated rings. The molecular weight excluding hydrogens is 452 g/mol. The minimum atomic E-state index is -0.849. The number of unbranched alkanes of at least 4 members (excludes halogenated alkanes) is 1. The predicted octanol–water partition coefficient (Wildman–Crippen LogP) is 2.95. The number of rotatable bonds is 17. The molecule has 0 heterocycles. The van der Waals surface area contributed by atoms with Crippen molar-refractivity contribution in [2.75, 3.05) is 13.2 Å². The maximum absolute atomic E-state index is 11.8. The smallest absolute Gasteiger partial charge is 0.294 e.